The lowest BCUT2D eigenvalue weighted by Crippen LogP contribution is -2.14. The predicted molar refractivity (Wildman–Crippen MR) is 94.0 cm³/mol. The Hall–Kier alpha value is -1.61. The molecule has 2 nitrogen and oxygen atoms in total. The number of hydrogen-bond acceptors (Lipinski definition) is 3. The molecule has 1 aliphatic rings. The second-order valence-electron chi connectivity index (χ2n) is 5.71. The van der Waals surface area contributed by atoms with E-state index in [1.807, 2.05) is 17.8 Å². The molecule has 3 rings (SSSR count). The summed E-state index contributed by atoms with van der Waals surface area (Å²) in [7, 11) is 0. The predicted octanol–water partition coefficient (Wildman–Crippen LogP) is 5.29. The Morgan fingerprint density at radius 1 is 1.00 bits per heavy atom. The smallest absolute Gasteiger partial charge is 0.0526 e. The van der Waals surface area contributed by atoms with Crippen molar-refractivity contribution in [2.75, 3.05) is 16.4 Å². The Kier molecular flexibility index (Phi) is 4.39. The molecular weight excluding hydrogens is 276 g/mol. The third kappa shape index (κ3) is 3.35. The molecular formula is C18H22N2S. The summed E-state index contributed by atoms with van der Waals surface area (Å²) in [5.41, 5.74) is 5.15. The molecule has 0 spiro atoms. The van der Waals surface area contributed by atoms with Crippen LogP contribution in [0, 0.1) is 0 Å². The summed E-state index contributed by atoms with van der Waals surface area (Å²) in [6.07, 6.45) is 2.43. The van der Waals surface area contributed by atoms with Crippen LogP contribution in [0.3, 0.4) is 0 Å². The van der Waals surface area contributed by atoms with Crippen molar-refractivity contribution in [2.24, 2.45) is 0 Å². The van der Waals surface area contributed by atoms with E-state index in [0.29, 0.717) is 6.04 Å². The Labute approximate surface area is 131 Å². The van der Waals surface area contributed by atoms with Crippen molar-refractivity contribution in [3.63, 3.8) is 0 Å². The van der Waals surface area contributed by atoms with Gasteiger partial charge in [-0.15, -0.1) is 11.8 Å². The first-order valence-corrected chi connectivity index (χ1v) is 8.60. The first-order valence-electron chi connectivity index (χ1n) is 7.61. The number of nitrogens with one attached hydrogen (secondary N) is 2. The number of fused-ring (bicyclic) bond motifs is 1. The van der Waals surface area contributed by atoms with Crippen LogP contribution in [0.15, 0.2) is 47.4 Å². The third-order valence-corrected chi connectivity index (χ3v) is 4.82. The highest BCUT2D eigenvalue weighted by Crippen LogP contribution is 2.41. The van der Waals surface area contributed by atoms with Crippen LogP contribution in [0.4, 0.5) is 17.1 Å². The third-order valence-electron chi connectivity index (χ3n) is 3.57. The topological polar surface area (TPSA) is 24.1 Å². The molecule has 110 valence electrons. The fourth-order valence-electron chi connectivity index (χ4n) is 2.69. The van der Waals surface area contributed by atoms with E-state index in [0.717, 1.165) is 5.69 Å². The van der Waals surface area contributed by atoms with Gasteiger partial charge in [0.15, 0.2) is 0 Å². The van der Waals surface area contributed by atoms with Gasteiger partial charge in [0.2, 0.25) is 0 Å². The molecule has 0 radical (unpaired) electrons. The first kappa shape index (κ1) is 14.3. The van der Waals surface area contributed by atoms with Crippen LogP contribution in [0.1, 0.15) is 25.8 Å². The van der Waals surface area contributed by atoms with Crippen molar-refractivity contribution >= 4 is 28.8 Å². The molecule has 1 heterocycles. The average Bonchev–Trinajstić information content (AvgIpc) is 2.50. The normalized spacial score (nSPS) is 13.9. The number of benzene rings is 2. The molecule has 0 aliphatic carbocycles. The van der Waals surface area contributed by atoms with Crippen molar-refractivity contribution < 1.29 is 0 Å². The lowest BCUT2D eigenvalue weighted by Gasteiger charge is -2.24. The minimum absolute atomic E-state index is 0.467. The fraction of sp³-hybridized carbons (Fsp3) is 0.333. The van der Waals surface area contributed by atoms with E-state index >= 15 is 0 Å². The number of para-hydroxylation sites is 1. The molecule has 0 saturated heterocycles. The fourth-order valence-corrected chi connectivity index (χ4v) is 3.84. The van der Waals surface area contributed by atoms with Crippen molar-refractivity contribution in [3.8, 4) is 0 Å². The van der Waals surface area contributed by atoms with E-state index < -0.39 is 0 Å². The minimum atomic E-state index is 0.467. The zero-order valence-corrected chi connectivity index (χ0v) is 13.5. The lowest BCUT2D eigenvalue weighted by atomic mass is 10.1. The van der Waals surface area contributed by atoms with Crippen molar-refractivity contribution in [1.29, 1.82) is 0 Å². The molecule has 0 amide bonds. The molecule has 2 aromatic rings. The number of hydrogen-bond donors (Lipinski definition) is 2. The summed E-state index contributed by atoms with van der Waals surface area (Å²) in [5, 5.41) is 7.15. The SMILES string of the molecule is CC(C)Nc1ccc(Nc2ccccc2)c2c1CCCS2. The van der Waals surface area contributed by atoms with Crippen LogP contribution in [0.5, 0.6) is 0 Å². The van der Waals surface area contributed by atoms with Crippen molar-refractivity contribution in [2.45, 2.75) is 37.6 Å². The van der Waals surface area contributed by atoms with Gasteiger partial charge in [-0.2, -0.15) is 0 Å². The molecule has 0 bridgehead atoms. The van der Waals surface area contributed by atoms with Gasteiger partial charge in [-0.1, -0.05) is 18.2 Å². The maximum atomic E-state index is 3.58. The molecule has 0 aromatic heterocycles. The summed E-state index contributed by atoms with van der Waals surface area (Å²) in [6, 6.07) is 15.3. The first-order chi connectivity index (χ1) is 10.2. The van der Waals surface area contributed by atoms with Crippen LogP contribution >= 0.6 is 11.8 Å². The minimum Gasteiger partial charge on any atom is -0.383 e. The Bertz CT molecular complexity index is 608. The van der Waals surface area contributed by atoms with Crippen LogP contribution < -0.4 is 10.6 Å². The molecule has 1 aliphatic heterocycles. The maximum Gasteiger partial charge on any atom is 0.0526 e. The van der Waals surface area contributed by atoms with Gasteiger partial charge in [-0.25, -0.2) is 0 Å². The van der Waals surface area contributed by atoms with Gasteiger partial charge < -0.3 is 10.6 Å². The van der Waals surface area contributed by atoms with Gasteiger partial charge in [0.1, 0.15) is 0 Å². The molecule has 0 saturated carbocycles. The van der Waals surface area contributed by atoms with Gasteiger partial charge in [-0.05, 0) is 62.3 Å². The summed E-state index contributed by atoms with van der Waals surface area (Å²) >= 11 is 1.97. The van der Waals surface area contributed by atoms with Crippen LogP contribution in [-0.2, 0) is 6.42 Å². The Morgan fingerprint density at radius 2 is 1.76 bits per heavy atom. The Morgan fingerprint density at radius 3 is 2.52 bits per heavy atom. The summed E-state index contributed by atoms with van der Waals surface area (Å²) in [6.45, 7) is 4.39. The Balaban J connectivity index is 1.94. The number of anilines is 3. The second-order valence-corrected chi connectivity index (χ2v) is 6.82. The van der Waals surface area contributed by atoms with E-state index in [1.54, 1.807) is 0 Å². The number of thioether (sulfide) groups is 1. The zero-order valence-electron chi connectivity index (χ0n) is 12.6. The summed E-state index contributed by atoms with van der Waals surface area (Å²) in [5.74, 6) is 1.21. The van der Waals surface area contributed by atoms with E-state index in [9.17, 15) is 0 Å². The molecule has 0 fully saturated rings. The van der Waals surface area contributed by atoms with Gasteiger partial charge in [0.25, 0.3) is 0 Å². The standard InChI is InChI=1S/C18H22N2S/c1-13(2)19-16-10-11-17(18-15(16)9-6-12-21-18)20-14-7-4-3-5-8-14/h3-5,7-8,10-11,13,19-20H,6,9,12H2,1-2H3. The quantitative estimate of drug-likeness (QED) is 0.802. The molecule has 2 aromatic carbocycles. The van der Waals surface area contributed by atoms with Gasteiger partial charge in [0, 0.05) is 22.3 Å². The van der Waals surface area contributed by atoms with Gasteiger partial charge in [-0.3, -0.25) is 0 Å². The second kappa shape index (κ2) is 6.44. The van der Waals surface area contributed by atoms with Crippen LogP contribution in [0.25, 0.3) is 0 Å². The highest BCUT2D eigenvalue weighted by atomic mass is 32.2. The van der Waals surface area contributed by atoms with Gasteiger partial charge >= 0.3 is 0 Å². The van der Waals surface area contributed by atoms with E-state index in [1.165, 1.54) is 40.4 Å². The number of rotatable bonds is 4. The average molecular weight is 298 g/mol. The maximum absolute atomic E-state index is 3.58. The highest BCUT2D eigenvalue weighted by molar-refractivity contribution is 7.99. The van der Waals surface area contributed by atoms with E-state index in [2.05, 4.69) is 60.9 Å². The summed E-state index contributed by atoms with van der Waals surface area (Å²) in [4.78, 5) is 1.41. The molecule has 21 heavy (non-hydrogen) atoms. The zero-order chi connectivity index (χ0) is 14.7. The van der Waals surface area contributed by atoms with Crippen molar-refractivity contribution in [1.82, 2.24) is 0 Å². The van der Waals surface area contributed by atoms with Crippen molar-refractivity contribution in [3.05, 3.63) is 48.0 Å². The molecule has 0 unspecified atom stereocenters. The molecule has 0 atom stereocenters. The van der Waals surface area contributed by atoms with Crippen LogP contribution in [0.2, 0.25) is 0 Å². The highest BCUT2D eigenvalue weighted by Gasteiger charge is 2.18. The lowest BCUT2D eigenvalue weighted by molar-refractivity contribution is 0.861. The van der Waals surface area contributed by atoms with Crippen LogP contribution in [-0.4, -0.2) is 11.8 Å². The monoisotopic (exact) mass is 298 g/mol. The van der Waals surface area contributed by atoms with Gasteiger partial charge in [0.05, 0.1) is 5.69 Å². The van der Waals surface area contributed by atoms with E-state index in [4.69, 9.17) is 0 Å². The largest absolute Gasteiger partial charge is 0.383 e. The molecule has 3 heteroatoms. The summed E-state index contributed by atoms with van der Waals surface area (Å²) < 4.78 is 0. The van der Waals surface area contributed by atoms with E-state index in [-0.39, 0.29) is 0 Å². The molecule has 2 N–H and O–H groups in total.